The maximum absolute atomic E-state index is 5.37. The Morgan fingerprint density at radius 3 is 3.16 bits per heavy atom. The normalized spacial score (nSPS) is 19.5. The van der Waals surface area contributed by atoms with E-state index in [9.17, 15) is 0 Å². The van der Waals surface area contributed by atoms with Crippen molar-refractivity contribution in [2.45, 2.75) is 26.2 Å². The molecule has 19 heavy (non-hydrogen) atoms. The van der Waals surface area contributed by atoms with E-state index in [1.54, 1.807) is 0 Å². The van der Waals surface area contributed by atoms with Gasteiger partial charge in [0, 0.05) is 12.0 Å². The zero-order chi connectivity index (χ0) is 13.1. The molecular weight excluding hydrogens is 238 g/mol. The van der Waals surface area contributed by atoms with Gasteiger partial charge in [0.05, 0.1) is 0 Å². The number of piperidine rings is 1. The van der Waals surface area contributed by atoms with Gasteiger partial charge in [0.25, 0.3) is 0 Å². The van der Waals surface area contributed by atoms with E-state index < -0.39 is 0 Å². The summed E-state index contributed by atoms with van der Waals surface area (Å²) in [5.74, 6) is 2.08. The summed E-state index contributed by atoms with van der Waals surface area (Å²) in [6.07, 6.45) is 3.37. The minimum absolute atomic E-state index is 0.625. The van der Waals surface area contributed by atoms with Crippen LogP contribution in [-0.2, 0) is 6.42 Å². The highest BCUT2D eigenvalue weighted by molar-refractivity contribution is 5.55. The van der Waals surface area contributed by atoms with Gasteiger partial charge in [-0.25, -0.2) is 0 Å². The highest BCUT2D eigenvalue weighted by Gasteiger charge is 2.17. The minimum Gasteiger partial charge on any atom is -0.339 e. The Kier molecular flexibility index (Phi) is 3.60. The molecule has 0 aliphatic carbocycles. The molecule has 1 N–H and O–H groups in total. The highest BCUT2D eigenvalue weighted by atomic mass is 16.5. The van der Waals surface area contributed by atoms with Crippen LogP contribution in [0.1, 0.15) is 24.3 Å². The van der Waals surface area contributed by atoms with Gasteiger partial charge in [-0.2, -0.15) is 4.98 Å². The van der Waals surface area contributed by atoms with Crippen LogP contribution in [0.3, 0.4) is 0 Å². The first-order valence-corrected chi connectivity index (χ1v) is 6.91. The standard InChI is InChI=1S/C15H19N3O/c1-11-4-2-6-13(8-11)15-17-14(19-18-15)9-12-5-3-7-16-10-12/h2,4,6,8,12,16H,3,5,7,9-10H2,1H3. The lowest BCUT2D eigenvalue weighted by atomic mass is 9.96. The SMILES string of the molecule is Cc1cccc(-c2noc(CC3CCCNC3)n2)c1. The van der Waals surface area contributed by atoms with Crippen LogP contribution in [0, 0.1) is 12.8 Å². The molecule has 3 rings (SSSR count). The van der Waals surface area contributed by atoms with E-state index in [0.717, 1.165) is 31.0 Å². The van der Waals surface area contributed by atoms with Gasteiger partial charge < -0.3 is 9.84 Å². The van der Waals surface area contributed by atoms with Gasteiger partial charge in [-0.3, -0.25) is 0 Å². The van der Waals surface area contributed by atoms with Crippen molar-refractivity contribution >= 4 is 0 Å². The van der Waals surface area contributed by atoms with Gasteiger partial charge in [0.15, 0.2) is 0 Å². The molecule has 0 amide bonds. The lowest BCUT2D eigenvalue weighted by molar-refractivity contribution is 0.316. The van der Waals surface area contributed by atoms with Gasteiger partial charge in [-0.05, 0) is 44.8 Å². The van der Waals surface area contributed by atoms with Gasteiger partial charge in [-0.1, -0.05) is 28.9 Å². The molecule has 1 atom stereocenters. The average molecular weight is 257 g/mol. The molecule has 0 radical (unpaired) electrons. The predicted molar refractivity (Wildman–Crippen MR) is 73.8 cm³/mol. The van der Waals surface area contributed by atoms with Crippen LogP contribution in [0.2, 0.25) is 0 Å². The summed E-state index contributed by atoms with van der Waals surface area (Å²) in [5.41, 5.74) is 2.23. The van der Waals surface area contributed by atoms with Crippen LogP contribution >= 0.6 is 0 Å². The monoisotopic (exact) mass is 257 g/mol. The minimum atomic E-state index is 0.625. The molecule has 1 unspecified atom stereocenters. The molecule has 1 aliphatic heterocycles. The number of nitrogens with one attached hydrogen (secondary N) is 1. The average Bonchev–Trinajstić information content (AvgIpc) is 2.88. The summed E-state index contributed by atoms with van der Waals surface area (Å²) in [5, 5.41) is 7.50. The van der Waals surface area contributed by atoms with E-state index in [1.807, 2.05) is 12.1 Å². The topological polar surface area (TPSA) is 51.0 Å². The largest absolute Gasteiger partial charge is 0.339 e. The number of hydrogen-bond acceptors (Lipinski definition) is 4. The third-order valence-corrected chi connectivity index (χ3v) is 3.61. The van der Waals surface area contributed by atoms with Crippen molar-refractivity contribution in [1.82, 2.24) is 15.5 Å². The van der Waals surface area contributed by atoms with E-state index >= 15 is 0 Å². The molecule has 1 saturated heterocycles. The van der Waals surface area contributed by atoms with Gasteiger partial charge in [-0.15, -0.1) is 0 Å². The molecule has 0 spiro atoms. The molecule has 2 heterocycles. The first-order chi connectivity index (χ1) is 9.31. The number of nitrogens with zero attached hydrogens (tertiary/aromatic N) is 2. The number of benzene rings is 1. The van der Waals surface area contributed by atoms with E-state index in [2.05, 4.69) is 34.5 Å². The van der Waals surface area contributed by atoms with Crippen LogP contribution in [-0.4, -0.2) is 23.2 Å². The van der Waals surface area contributed by atoms with Crippen molar-refractivity contribution in [1.29, 1.82) is 0 Å². The predicted octanol–water partition coefficient (Wildman–Crippen LogP) is 2.59. The number of aryl methyl sites for hydroxylation is 1. The van der Waals surface area contributed by atoms with Crippen LogP contribution in [0.25, 0.3) is 11.4 Å². The van der Waals surface area contributed by atoms with E-state index in [0.29, 0.717) is 11.7 Å². The van der Waals surface area contributed by atoms with Crippen molar-refractivity contribution < 1.29 is 4.52 Å². The maximum atomic E-state index is 5.37. The molecule has 1 fully saturated rings. The van der Waals surface area contributed by atoms with Gasteiger partial charge in [0.1, 0.15) is 0 Å². The fourth-order valence-electron chi connectivity index (χ4n) is 2.58. The number of hydrogen-bond donors (Lipinski definition) is 1. The Balaban J connectivity index is 1.72. The molecule has 2 aromatic rings. The lowest BCUT2D eigenvalue weighted by Crippen LogP contribution is -2.30. The lowest BCUT2D eigenvalue weighted by Gasteiger charge is -2.20. The third kappa shape index (κ3) is 3.01. The first-order valence-electron chi connectivity index (χ1n) is 6.91. The summed E-state index contributed by atoms with van der Waals surface area (Å²) in [4.78, 5) is 4.51. The number of rotatable bonds is 3. The van der Waals surface area contributed by atoms with E-state index in [1.165, 1.54) is 18.4 Å². The van der Waals surface area contributed by atoms with Gasteiger partial charge in [0.2, 0.25) is 11.7 Å². The van der Waals surface area contributed by atoms with Crippen LogP contribution < -0.4 is 5.32 Å². The third-order valence-electron chi connectivity index (χ3n) is 3.61. The molecule has 0 bridgehead atoms. The second-order valence-corrected chi connectivity index (χ2v) is 5.30. The Hall–Kier alpha value is -1.68. The zero-order valence-electron chi connectivity index (χ0n) is 11.2. The van der Waals surface area contributed by atoms with E-state index in [-0.39, 0.29) is 0 Å². The molecule has 1 aliphatic rings. The van der Waals surface area contributed by atoms with Crippen LogP contribution in [0.15, 0.2) is 28.8 Å². The van der Waals surface area contributed by atoms with Crippen LogP contribution in [0.4, 0.5) is 0 Å². The highest BCUT2D eigenvalue weighted by Crippen LogP contribution is 2.20. The van der Waals surface area contributed by atoms with Crippen molar-refractivity contribution in [2.75, 3.05) is 13.1 Å². The maximum Gasteiger partial charge on any atom is 0.227 e. The summed E-state index contributed by atoms with van der Waals surface area (Å²) >= 11 is 0. The molecule has 0 saturated carbocycles. The summed E-state index contributed by atoms with van der Waals surface area (Å²) in [7, 11) is 0. The van der Waals surface area contributed by atoms with Crippen LogP contribution in [0.5, 0.6) is 0 Å². The summed E-state index contributed by atoms with van der Waals surface area (Å²) in [6, 6.07) is 8.19. The molecule has 1 aromatic carbocycles. The van der Waals surface area contributed by atoms with Crippen molar-refractivity contribution in [2.24, 2.45) is 5.92 Å². The molecular formula is C15H19N3O. The fourth-order valence-corrected chi connectivity index (χ4v) is 2.58. The second-order valence-electron chi connectivity index (χ2n) is 5.30. The van der Waals surface area contributed by atoms with Crippen molar-refractivity contribution in [3.05, 3.63) is 35.7 Å². The molecule has 1 aromatic heterocycles. The zero-order valence-corrected chi connectivity index (χ0v) is 11.2. The quantitative estimate of drug-likeness (QED) is 0.918. The Bertz CT molecular complexity index is 544. The molecule has 100 valence electrons. The van der Waals surface area contributed by atoms with Crippen molar-refractivity contribution in [3.8, 4) is 11.4 Å². The Labute approximate surface area is 113 Å². The van der Waals surface area contributed by atoms with Crippen molar-refractivity contribution in [3.63, 3.8) is 0 Å². The number of aromatic nitrogens is 2. The fraction of sp³-hybridized carbons (Fsp3) is 0.467. The Morgan fingerprint density at radius 2 is 2.37 bits per heavy atom. The van der Waals surface area contributed by atoms with Gasteiger partial charge >= 0.3 is 0 Å². The molecule has 4 nitrogen and oxygen atoms in total. The summed E-state index contributed by atoms with van der Waals surface area (Å²) < 4.78 is 5.37. The molecule has 4 heteroatoms. The summed E-state index contributed by atoms with van der Waals surface area (Å²) in [6.45, 7) is 4.26. The Morgan fingerprint density at radius 1 is 1.42 bits per heavy atom. The second kappa shape index (κ2) is 5.53. The van der Waals surface area contributed by atoms with E-state index in [4.69, 9.17) is 4.52 Å². The first kappa shape index (κ1) is 12.4. The smallest absolute Gasteiger partial charge is 0.227 e.